The highest BCUT2D eigenvalue weighted by atomic mass is 19.1. The lowest BCUT2D eigenvalue weighted by molar-refractivity contribution is 0.103. The fourth-order valence-electron chi connectivity index (χ4n) is 2.43. The zero-order valence-corrected chi connectivity index (χ0v) is 9.82. The molecule has 0 amide bonds. The summed E-state index contributed by atoms with van der Waals surface area (Å²) in [5.41, 5.74) is 3.17. The number of rotatable bonds is 2. The van der Waals surface area contributed by atoms with Crippen molar-refractivity contribution in [3.05, 3.63) is 64.7 Å². The van der Waals surface area contributed by atoms with Crippen LogP contribution in [-0.2, 0) is 12.8 Å². The predicted molar refractivity (Wildman–Crippen MR) is 66.1 cm³/mol. The second-order valence-electron chi connectivity index (χ2n) is 4.52. The number of aromatic nitrogens is 1. The first-order chi connectivity index (χ1) is 8.75. The molecule has 1 heterocycles. The quantitative estimate of drug-likeness (QED) is 0.757. The van der Waals surface area contributed by atoms with Crippen LogP contribution in [-0.4, -0.2) is 10.8 Å². The molecule has 0 spiro atoms. The maximum absolute atomic E-state index is 13.5. The van der Waals surface area contributed by atoms with E-state index in [4.69, 9.17) is 0 Å². The summed E-state index contributed by atoms with van der Waals surface area (Å²) in [7, 11) is 0. The van der Waals surface area contributed by atoms with Crippen molar-refractivity contribution in [1.29, 1.82) is 0 Å². The predicted octanol–water partition coefficient (Wildman–Crippen LogP) is 2.94. The Hall–Kier alpha value is -2.03. The van der Waals surface area contributed by atoms with Crippen LogP contribution in [0.15, 0.2) is 36.7 Å². The minimum Gasteiger partial charge on any atom is -0.288 e. The van der Waals surface area contributed by atoms with Crippen molar-refractivity contribution in [2.75, 3.05) is 0 Å². The Balaban J connectivity index is 2.01. The van der Waals surface area contributed by atoms with Crippen LogP contribution >= 0.6 is 0 Å². The van der Waals surface area contributed by atoms with Crippen molar-refractivity contribution < 1.29 is 9.18 Å². The summed E-state index contributed by atoms with van der Waals surface area (Å²) in [5.74, 6) is -0.840. The summed E-state index contributed by atoms with van der Waals surface area (Å²) in [4.78, 5) is 15.9. The van der Waals surface area contributed by atoms with E-state index >= 15 is 0 Å². The highest BCUT2D eigenvalue weighted by molar-refractivity contribution is 6.09. The van der Waals surface area contributed by atoms with E-state index in [2.05, 4.69) is 4.98 Å². The number of ketones is 1. The average Bonchev–Trinajstić information content (AvgIpc) is 2.85. The standard InChI is InChI=1S/C15H12FNO/c16-14-9-17-7-6-13(14)15(18)12-5-4-10-2-1-3-11(10)8-12/h4-9H,1-3H2. The molecule has 0 radical (unpaired) electrons. The van der Waals surface area contributed by atoms with Gasteiger partial charge in [-0.1, -0.05) is 12.1 Å². The zero-order valence-electron chi connectivity index (χ0n) is 9.82. The third-order valence-electron chi connectivity index (χ3n) is 3.38. The molecule has 1 aliphatic carbocycles. The maximum Gasteiger partial charge on any atom is 0.196 e. The second-order valence-corrected chi connectivity index (χ2v) is 4.52. The largest absolute Gasteiger partial charge is 0.288 e. The Kier molecular flexibility index (Phi) is 2.67. The average molecular weight is 241 g/mol. The monoisotopic (exact) mass is 241 g/mol. The lowest BCUT2D eigenvalue weighted by Gasteiger charge is -2.05. The number of hydrogen-bond acceptors (Lipinski definition) is 2. The lowest BCUT2D eigenvalue weighted by Crippen LogP contribution is -2.05. The van der Waals surface area contributed by atoms with E-state index in [1.54, 1.807) is 6.07 Å². The Morgan fingerprint density at radius 2 is 2.00 bits per heavy atom. The van der Waals surface area contributed by atoms with Gasteiger partial charge in [0.2, 0.25) is 0 Å². The minimum atomic E-state index is -0.567. The van der Waals surface area contributed by atoms with Gasteiger partial charge in [0.25, 0.3) is 0 Å². The molecule has 1 aliphatic rings. The van der Waals surface area contributed by atoms with E-state index in [1.165, 1.54) is 23.4 Å². The number of hydrogen-bond donors (Lipinski definition) is 0. The summed E-state index contributed by atoms with van der Waals surface area (Å²) in [6.45, 7) is 0. The van der Waals surface area contributed by atoms with Gasteiger partial charge in [-0.15, -0.1) is 0 Å². The zero-order chi connectivity index (χ0) is 12.5. The highest BCUT2D eigenvalue weighted by Crippen LogP contribution is 2.24. The van der Waals surface area contributed by atoms with Gasteiger partial charge in [-0.25, -0.2) is 4.39 Å². The highest BCUT2D eigenvalue weighted by Gasteiger charge is 2.17. The van der Waals surface area contributed by atoms with Gasteiger partial charge in [-0.2, -0.15) is 0 Å². The SMILES string of the molecule is O=C(c1ccc2c(c1)CCC2)c1ccncc1F. The van der Waals surface area contributed by atoms with Crippen molar-refractivity contribution in [2.45, 2.75) is 19.3 Å². The van der Waals surface area contributed by atoms with Crippen LogP contribution in [0.25, 0.3) is 0 Å². The Bertz CT molecular complexity index is 622. The topological polar surface area (TPSA) is 30.0 Å². The molecule has 0 atom stereocenters. The number of benzene rings is 1. The first-order valence-electron chi connectivity index (χ1n) is 6.02. The van der Waals surface area contributed by atoms with E-state index in [0.717, 1.165) is 25.5 Å². The van der Waals surface area contributed by atoms with E-state index in [-0.39, 0.29) is 11.3 Å². The van der Waals surface area contributed by atoms with Gasteiger partial charge in [0.15, 0.2) is 11.6 Å². The second kappa shape index (κ2) is 4.33. The van der Waals surface area contributed by atoms with Crippen molar-refractivity contribution in [2.24, 2.45) is 0 Å². The molecule has 0 aliphatic heterocycles. The van der Waals surface area contributed by atoms with Gasteiger partial charge in [0.05, 0.1) is 11.8 Å². The van der Waals surface area contributed by atoms with Gasteiger partial charge >= 0.3 is 0 Å². The summed E-state index contributed by atoms with van der Waals surface area (Å²) in [5, 5.41) is 0. The smallest absolute Gasteiger partial charge is 0.196 e. The van der Waals surface area contributed by atoms with Crippen LogP contribution < -0.4 is 0 Å². The van der Waals surface area contributed by atoms with E-state index in [9.17, 15) is 9.18 Å². The molecule has 0 saturated carbocycles. The fraction of sp³-hybridized carbons (Fsp3) is 0.200. The van der Waals surface area contributed by atoms with Crippen molar-refractivity contribution in [3.63, 3.8) is 0 Å². The molecule has 0 unspecified atom stereocenters. The summed E-state index contributed by atoms with van der Waals surface area (Å²) < 4.78 is 13.5. The fourth-order valence-corrected chi connectivity index (χ4v) is 2.43. The van der Waals surface area contributed by atoms with Gasteiger partial charge in [-0.05, 0) is 42.5 Å². The molecule has 2 nitrogen and oxygen atoms in total. The third kappa shape index (κ3) is 1.82. The van der Waals surface area contributed by atoms with Crippen molar-refractivity contribution in [1.82, 2.24) is 4.98 Å². The summed E-state index contributed by atoms with van der Waals surface area (Å²) in [6, 6.07) is 7.08. The van der Waals surface area contributed by atoms with Gasteiger partial charge in [-0.3, -0.25) is 9.78 Å². The van der Waals surface area contributed by atoms with Crippen LogP contribution in [0.3, 0.4) is 0 Å². The minimum absolute atomic E-state index is 0.0861. The van der Waals surface area contributed by atoms with Crippen LogP contribution in [0.2, 0.25) is 0 Å². The van der Waals surface area contributed by atoms with Gasteiger partial charge in [0.1, 0.15) is 0 Å². The number of fused-ring (bicyclic) bond motifs is 1. The number of carbonyl (C=O) groups excluding carboxylic acids is 1. The molecular formula is C15H12FNO. The summed E-state index contributed by atoms with van der Waals surface area (Å²) >= 11 is 0. The molecule has 2 aromatic rings. The molecule has 1 aromatic carbocycles. The number of halogens is 1. The molecule has 3 heteroatoms. The Morgan fingerprint density at radius 1 is 1.17 bits per heavy atom. The molecule has 0 N–H and O–H groups in total. The first kappa shape index (κ1) is 11.1. The Morgan fingerprint density at radius 3 is 2.83 bits per heavy atom. The molecule has 0 fully saturated rings. The number of pyridine rings is 1. The molecule has 0 saturated heterocycles. The first-order valence-corrected chi connectivity index (χ1v) is 6.02. The summed E-state index contributed by atoms with van der Waals surface area (Å²) in [6.07, 6.45) is 5.73. The normalized spacial score (nSPS) is 13.4. The van der Waals surface area contributed by atoms with Crippen LogP contribution in [0.5, 0.6) is 0 Å². The lowest BCUT2D eigenvalue weighted by atomic mass is 10.00. The molecule has 3 rings (SSSR count). The maximum atomic E-state index is 13.5. The van der Waals surface area contributed by atoms with E-state index < -0.39 is 5.82 Å². The third-order valence-corrected chi connectivity index (χ3v) is 3.38. The van der Waals surface area contributed by atoms with Crippen LogP contribution in [0, 0.1) is 5.82 Å². The van der Waals surface area contributed by atoms with Gasteiger partial charge < -0.3 is 0 Å². The van der Waals surface area contributed by atoms with Crippen LogP contribution in [0.1, 0.15) is 33.5 Å². The number of aryl methyl sites for hydroxylation is 2. The molecule has 90 valence electrons. The molecule has 1 aromatic heterocycles. The molecular weight excluding hydrogens is 229 g/mol. The van der Waals surface area contributed by atoms with Crippen molar-refractivity contribution in [3.8, 4) is 0 Å². The van der Waals surface area contributed by atoms with Gasteiger partial charge in [0, 0.05) is 11.8 Å². The van der Waals surface area contributed by atoms with Crippen molar-refractivity contribution >= 4 is 5.78 Å². The van der Waals surface area contributed by atoms with Crippen LogP contribution in [0.4, 0.5) is 4.39 Å². The molecule has 0 bridgehead atoms. The van der Waals surface area contributed by atoms with E-state index in [1.807, 2.05) is 12.1 Å². The van der Waals surface area contributed by atoms with E-state index in [0.29, 0.717) is 5.56 Å². The molecule has 18 heavy (non-hydrogen) atoms. The number of carbonyl (C=O) groups is 1. The Labute approximate surface area is 104 Å². The number of nitrogens with zero attached hydrogens (tertiary/aromatic N) is 1.